The number of pyridine rings is 1. The molecule has 3 N–H and O–H groups in total. The summed E-state index contributed by atoms with van der Waals surface area (Å²) in [4.78, 5) is 39.9. The largest absolute Gasteiger partial charge is 0.480 e. The Labute approximate surface area is 198 Å². The number of nitrogens with zero attached hydrogens (tertiary/aromatic N) is 4. The van der Waals surface area contributed by atoms with Crippen LogP contribution in [0.25, 0.3) is 0 Å². The summed E-state index contributed by atoms with van der Waals surface area (Å²) in [6.07, 6.45) is 2.74. The lowest BCUT2D eigenvalue weighted by atomic mass is 10.1. The Bertz CT molecular complexity index is 1120. The number of amides is 1. The number of aromatic nitrogens is 4. The molecule has 0 saturated heterocycles. The molecule has 13 heteroatoms. The molecule has 3 rings (SSSR count). The van der Waals surface area contributed by atoms with Gasteiger partial charge in [0.15, 0.2) is 0 Å². The first-order valence-corrected chi connectivity index (χ1v) is 10.1. The zero-order valence-electron chi connectivity index (χ0n) is 17.4. The highest BCUT2D eigenvalue weighted by molar-refractivity contribution is 6.40. The molecule has 1 amide bonds. The van der Waals surface area contributed by atoms with Crippen LogP contribution in [0.1, 0.15) is 15.9 Å². The van der Waals surface area contributed by atoms with Gasteiger partial charge in [0.05, 0.1) is 29.8 Å². The van der Waals surface area contributed by atoms with E-state index in [9.17, 15) is 14.7 Å². The number of methoxy groups -OCH3 is 2. The summed E-state index contributed by atoms with van der Waals surface area (Å²) in [5.74, 6) is -1.63. The SMILES string of the molecule is COc1nc(N[C@@H](Cc2ccc(NC(=O)c3c(Cl)cncc3Cl)cc2)C(=O)O)nc(OC)n1. The second-order valence-corrected chi connectivity index (χ2v) is 7.32. The first-order valence-electron chi connectivity index (χ1n) is 9.33. The van der Waals surface area contributed by atoms with Gasteiger partial charge in [0, 0.05) is 24.5 Å². The van der Waals surface area contributed by atoms with Gasteiger partial charge in [-0.2, -0.15) is 9.97 Å². The second kappa shape index (κ2) is 10.7. The van der Waals surface area contributed by atoms with Crippen molar-refractivity contribution in [2.45, 2.75) is 12.5 Å². The molecule has 0 bridgehead atoms. The molecule has 2 aromatic heterocycles. The number of hydrogen-bond acceptors (Lipinski definition) is 9. The molecule has 0 aliphatic heterocycles. The molecule has 11 nitrogen and oxygen atoms in total. The van der Waals surface area contributed by atoms with Crippen molar-refractivity contribution < 1.29 is 24.2 Å². The molecular weight excluding hydrogens is 475 g/mol. The molecule has 0 fully saturated rings. The molecule has 1 atom stereocenters. The van der Waals surface area contributed by atoms with Crippen LogP contribution >= 0.6 is 23.2 Å². The van der Waals surface area contributed by atoms with E-state index >= 15 is 0 Å². The molecule has 0 aliphatic carbocycles. The number of anilines is 2. The van der Waals surface area contributed by atoms with Crippen LogP contribution in [0, 0.1) is 0 Å². The van der Waals surface area contributed by atoms with E-state index in [0.717, 1.165) is 0 Å². The fourth-order valence-corrected chi connectivity index (χ4v) is 3.26. The molecule has 1 aromatic carbocycles. The standard InChI is InChI=1S/C20H18Cl2N6O5/c1-32-19-26-18(27-20(28-19)33-2)25-14(17(30)31)7-10-3-5-11(6-4-10)24-16(29)15-12(21)8-23-9-13(15)22/h3-6,8-9,14H,7H2,1-2H3,(H,24,29)(H,30,31)(H,25,26,27,28)/t14-/m0/s1. The predicted octanol–water partition coefficient (Wildman–Crippen LogP) is 2.95. The molecule has 172 valence electrons. The van der Waals surface area contributed by atoms with Crippen LogP contribution in [0.4, 0.5) is 11.6 Å². The van der Waals surface area contributed by atoms with Gasteiger partial charge < -0.3 is 25.2 Å². The fraction of sp³-hybridized carbons (Fsp3) is 0.200. The van der Waals surface area contributed by atoms with Crippen molar-refractivity contribution in [3.8, 4) is 12.0 Å². The van der Waals surface area contributed by atoms with Crippen molar-refractivity contribution in [1.82, 2.24) is 19.9 Å². The maximum atomic E-state index is 12.5. The highest BCUT2D eigenvalue weighted by Crippen LogP contribution is 2.24. The number of carbonyl (C=O) groups is 2. The Balaban J connectivity index is 1.71. The zero-order valence-corrected chi connectivity index (χ0v) is 18.9. The molecule has 0 saturated carbocycles. The lowest BCUT2D eigenvalue weighted by molar-refractivity contribution is -0.137. The van der Waals surface area contributed by atoms with E-state index in [0.29, 0.717) is 11.3 Å². The number of carboxylic acids is 1. The van der Waals surface area contributed by atoms with Crippen LogP contribution in [-0.2, 0) is 11.2 Å². The topological polar surface area (TPSA) is 148 Å². The van der Waals surface area contributed by atoms with Crippen molar-refractivity contribution in [3.05, 3.63) is 57.8 Å². The first-order chi connectivity index (χ1) is 15.8. The second-order valence-electron chi connectivity index (χ2n) is 6.50. The number of halogens is 2. The van der Waals surface area contributed by atoms with Gasteiger partial charge in [-0.25, -0.2) is 4.79 Å². The number of hydrogen-bond donors (Lipinski definition) is 3. The van der Waals surface area contributed by atoms with Gasteiger partial charge in [0.2, 0.25) is 5.95 Å². The summed E-state index contributed by atoms with van der Waals surface area (Å²) >= 11 is 12.0. The minimum absolute atomic E-state index is 0.0129. The summed E-state index contributed by atoms with van der Waals surface area (Å²) in [5, 5.41) is 15.3. The minimum atomic E-state index is -1.12. The van der Waals surface area contributed by atoms with Crippen LogP contribution in [0.5, 0.6) is 12.0 Å². The van der Waals surface area contributed by atoms with E-state index in [4.69, 9.17) is 32.7 Å². The van der Waals surface area contributed by atoms with Crippen molar-refractivity contribution in [1.29, 1.82) is 0 Å². The Morgan fingerprint density at radius 3 is 2.09 bits per heavy atom. The highest BCUT2D eigenvalue weighted by Gasteiger charge is 2.21. The van der Waals surface area contributed by atoms with Gasteiger partial charge in [0.25, 0.3) is 5.91 Å². The van der Waals surface area contributed by atoms with E-state index in [2.05, 4.69) is 30.6 Å². The number of ether oxygens (including phenoxy) is 2. The van der Waals surface area contributed by atoms with Crippen LogP contribution in [0.2, 0.25) is 10.0 Å². The molecule has 2 heterocycles. The maximum absolute atomic E-state index is 12.5. The monoisotopic (exact) mass is 492 g/mol. The molecule has 0 spiro atoms. The normalized spacial score (nSPS) is 11.4. The summed E-state index contributed by atoms with van der Waals surface area (Å²) in [6.45, 7) is 0. The van der Waals surface area contributed by atoms with E-state index in [1.165, 1.54) is 26.6 Å². The maximum Gasteiger partial charge on any atom is 0.326 e. The number of benzene rings is 1. The molecule has 3 aromatic rings. The van der Waals surface area contributed by atoms with Gasteiger partial charge >= 0.3 is 18.0 Å². The van der Waals surface area contributed by atoms with E-state index in [1.807, 2.05) is 0 Å². The quantitative estimate of drug-likeness (QED) is 0.406. The van der Waals surface area contributed by atoms with Crippen LogP contribution in [-0.4, -0.2) is 57.2 Å². The number of carbonyl (C=O) groups excluding carboxylic acids is 1. The van der Waals surface area contributed by atoms with Crippen molar-refractivity contribution >= 4 is 46.7 Å². The Morgan fingerprint density at radius 1 is 1.00 bits per heavy atom. The summed E-state index contributed by atoms with van der Waals surface area (Å²) in [6, 6.07) is 5.51. The third kappa shape index (κ3) is 6.18. The van der Waals surface area contributed by atoms with Crippen LogP contribution in [0.15, 0.2) is 36.7 Å². The average molecular weight is 493 g/mol. The van der Waals surface area contributed by atoms with Crippen molar-refractivity contribution in [2.75, 3.05) is 24.9 Å². The highest BCUT2D eigenvalue weighted by atomic mass is 35.5. The van der Waals surface area contributed by atoms with Gasteiger partial charge in [-0.05, 0) is 17.7 Å². The van der Waals surface area contributed by atoms with Gasteiger partial charge in [-0.1, -0.05) is 35.3 Å². The smallest absolute Gasteiger partial charge is 0.326 e. The van der Waals surface area contributed by atoms with Crippen molar-refractivity contribution in [3.63, 3.8) is 0 Å². The Hall–Kier alpha value is -3.70. The summed E-state index contributed by atoms with van der Waals surface area (Å²) < 4.78 is 9.93. The van der Waals surface area contributed by atoms with Gasteiger partial charge in [-0.3, -0.25) is 9.78 Å². The summed E-state index contributed by atoms with van der Waals surface area (Å²) in [7, 11) is 2.73. The van der Waals surface area contributed by atoms with Gasteiger partial charge in [0.1, 0.15) is 6.04 Å². The number of rotatable bonds is 9. The van der Waals surface area contributed by atoms with Gasteiger partial charge in [-0.15, -0.1) is 4.98 Å². The molecular formula is C20H18Cl2N6O5. The molecule has 0 radical (unpaired) electrons. The van der Waals surface area contributed by atoms with Crippen LogP contribution < -0.4 is 20.1 Å². The third-order valence-electron chi connectivity index (χ3n) is 4.29. The molecule has 33 heavy (non-hydrogen) atoms. The van der Waals surface area contributed by atoms with E-state index < -0.39 is 17.9 Å². The number of aliphatic carboxylic acids is 1. The molecule has 0 aliphatic rings. The zero-order chi connectivity index (χ0) is 24.0. The van der Waals surface area contributed by atoms with Crippen LogP contribution in [0.3, 0.4) is 0 Å². The first kappa shape index (κ1) is 24.0. The molecule has 0 unspecified atom stereocenters. The fourth-order valence-electron chi connectivity index (χ4n) is 2.72. The minimum Gasteiger partial charge on any atom is -0.480 e. The lowest BCUT2D eigenvalue weighted by Crippen LogP contribution is -2.32. The Morgan fingerprint density at radius 2 is 1.58 bits per heavy atom. The third-order valence-corrected chi connectivity index (χ3v) is 4.87. The number of carboxylic acid groups (broad SMARTS) is 1. The summed E-state index contributed by atoms with van der Waals surface area (Å²) in [5.41, 5.74) is 1.26. The van der Waals surface area contributed by atoms with E-state index in [-0.39, 0.29) is 40.0 Å². The average Bonchev–Trinajstić information content (AvgIpc) is 2.79. The number of nitrogens with one attached hydrogen (secondary N) is 2. The lowest BCUT2D eigenvalue weighted by Gasteiger charge is -2.15. The predicted molar refractivity (Wildman–Crippen MR) is 120 cm³/mol. The van der Waals surface area contributed by atoms with E-state index in [1.54, 1.807) is 24.3 Å². The Kier molecular flexibility index (Phi) is 7.80. The van der Waals surface area contributed by atoms with Crippen molar-refractivity contribution in [2.24, 2.45) is 0 Å².